The highest BCUT2D eigenvalue weighted by atomic mass is 16.5. The number of carbonyl (C=O) groups excluding carboxylic acids is 2. The van der Waals surface area contributed by atoms with Crippen molar-refractivity contribution < 1.29 is 14.3 Å². The third-order valence-electron chi connectivity index (χ3n) is 5.25. The molecule has 3 rings (SSSR count). The molecule has 0 aromatic heterocycles. The number of hydrogen-bond donors (Lipinski definition) is 2. The van der Waals surface area contributed by atoms with Crippen LogP contribution in [0.4, 0.5) is 5.69 Å². The fourth-order valence-electron chi connectivity index (χ4n) is 3.44. The van der Waals surface area contributed by atoms with Crippen LogP contribution < -0.4 is 10.6 Å². The number of rotatable bonds is 8. The maximum absolute atomic E-state index is 12.6. The molecule has 154 valence electrons. The van der Waals surface area contributed by atoms with Gasteiger partial charge in [-0.25, -0.2) is 0 Å². The van der Waals surface area contributed by atoms with Crippen LogP contribution in [0.2, 0.25) is 0 Å². The summed E-state index contributed by atoms with van der Waals surface area (Å²) in [5.74, 6) is 0.202. The fourth-order valence-corrected chi connectivity index (χ4v) is 3.44. The second-order valence-corrected chi connectivity index (χ2v) is 7.84. The zero-order chi connectivity index (χ0) is 20.6. The lowest BCUT2D eigenvalue weighted by molar-refractivity contribution is -0.116. The van der Waals surface area contributed by atoms with Crippen LogP contribution in [0.1, 0.15) is 60.5 Å². The van der Waals surface area contributed by atoms with Gasteiger partial charge in [0.1, 0.15) is 0 Å². The first-order chi connectivity index (χ1) is 14.0. The molecule has 2 aromatic rings. The molecule has 2 N–H and O–H groups in total. The van der Waals surface area contributed by atoms with Crippen molar-refractivity contribution in [1.29, 1.82) is 0 Å². The number of anilines is 1. The Kier molecular flexibility index (Phi) is 7.42. The lowest BCUT2D eigenvalue weighted by atomic mass is 10.0. The van der Waals surface area contributed by atoms with Gasteiger partial charge in [0.05, 0.1) is 17.4 Å². The Hall–Kier alpha value is -2.66. The maximum atomic E-state index is 12.6. The summed E-state index contributed by atoms with van der Waals surface area (Å²) in [6.07, 6.45) is 3.12. The third-order valence-corrected chi connectivity index (χ3v) is 5.25. The minimum absolute atomic E-state index is 0.0859. The molecule has 1 atom stereocenters. The first-order valence-corrected chi connectivity index (χ1v) is 10.4. The van der Waals surface area contributed by atoms with Crippen molar-refractivity contribution in [3.05, 3.63) is 65.2 Å². The standard InChI is InChI=1S/C24H30N2O3/c1-17(2)19-12-9-18(10-13-19)11-14-23(27)26-22-8-4-3-7-21(22)24(28)25-16-20-6-5-15-29-20/h3-4,7-10,12-13,17,20H,5-6,11,14-16H2,1-2H3,(H,25,28)(H,26,27)/t20-/m0/s1. The highest BCUT2D eigenvalue weighted by molar-refractivity contribution is 6.03. The lowest BCUT2D eigenvalue weighted by Gasteiger charge is -2.14. The summed E-state index contributed by atoms with van der Waals surface area (Å²) >= 11 is 0. The zero-order valence-corrected chi connectivity index (χ0v) is 17.2. The highest BCUT2D eigenvalue weighted by Gasteiger charge is 2.18. The summed E-state index contributed by atoms with van der Waals surface area (Å²) in [6, 6.07) is 15.5. The summed E-state index contributed by atoms with van der Waals surface area (Å²) in [4.78, 5) is 25.0. The van der Waals surface area contributed by atoms with E-state index in [-0.39, 0.29) is 17.9 Å². The Morgan fingerprint density at radius 3 is 2.55 bits per heavy atom. The Bertz CT molecular complexity index is 824. The average Bonchev–Trinajstić information content (AvgIpc) is 3.25. The molecule has 0 spiro atoms. The van der Waals surface area contributed by atoms with Crippen LogP contribution in [0.5, 0.6) is 0 Å². The molecule has 0 saturated carbocycles. The van der Waals surface area contributed by atoms with E-state index in [2.05, 4.69) is 48.7 Å². The number of amides is 2. The third kappa shape index (κ3) is 6.16. The van der Waals surface area contributed by atoms with Crippen LogP contribution in [-0.2, 0) is 16.0 Å². The maximum Gasteiger partial charge on any atom is 0.253 e. The van der Waals surface area contributed by atoms with E-state index in [1.165, 1.54) is 5.56 Å². The van der Waals surface area contributed by atoms with E-state index in [1.54, 1.807) is 18.2 Å². The van der Waals surface area contributed by atoms with Crippen molar-refractivity contribution in [1.82, 2.24) is 5.32 Å². The van der Waals surface area contributed by atoms with Gasteiger partial charge in [-0.1, -0.05) is 50.2 Å². The average molecular weight is 395 g/mol. The van der Waals surface area contributed by atoms with Gasteiger partial charge < -0.3 is 15.4 Å². The quantitative estimate of drug-likeness (QED) is 0.702. The second-order valence-electron chi connectivity index (χ2n) is 7.84. The Balaban J connectivity index is 1.53. The highest BCUT2D eigenvalue weighted by Crippen LogP contribution is 2.18. The van der Waals surface area contributed by atoms with Crippen molar-refractivity contribution in [2.45, 2.75) is 51.6 Å². The Morgan fingerprint density at radius 1 is 1.10 bits per heavy atom. The minimum Gasteiger partial charge on any atom is -0.376 e. The smallest absolute Gasteiger partial charge is 0.253 e. The largest absolute Gasteiger partial charge is 0.376 e. The van der Waals surface area contributed by atoms with Gasteiger partial charge in [-0.05, 0) is 48.4 Å². The molecule has 29 heavy (non-hydrogen) atoms. The predicted molar refractivity (Wildman–Crippen MR) is 115 cm³/mol. The van der Waals surface area contributed by atoms with Gasteiger partial charge in [0.2, 0.25) is 5.91 Å². The Labute approximate surface area is 172 Å². The molecule has 5 heteroatoms. The predicted octanol–water partition coefficient (Wildman–Crippen LogP) is 4.29. The molecule has 5 nitrogen and oxygen atoms in total. The summed E-state index contributed by atoms with van der Waals surface area (Å²) in [7, 11) is 0. The van der Waals surface area contributed by atoms with Gasteiger partial charge in [-0.3, -0.25) is 9.59 Å². The number of ether oxygens (including phenoxy) is 1. The van der Waals surface area contributed by atoms with Crippen LogP contribution in [-0.4, -0.2) is 31.1 Å². The van der Waals surface area contributed by atoms with Crippen LogP contribution in [0, 0.1) is 0 Å². The SMILES string of the molecule is CC(C)c1ccc(CCC(=O)Nc2ccccc2C(=O)NC[C@@H]2CCCO2)cc1. The van der Waals surface area contributed by atoms with E-state index >= 15 is 0 Å². The van der Waals surface area contributed by atoms with Gasteiger partial charge >= 0.3 is 0 Å². The molecule has 0 unspecified atom stereocenters. The van der Waals surface area contributed by atoms with Crippen LogP contribution in [0.15, 0.2) is 48.5 Å². The molecular weight excluding hydrogens is 364 g/mol. The number of aryl methyl sites for hydroxylation is 1. The van der Waals surface area contributed by atoms with E-state index in [4.69, 9.17) is 4.74 Å². The number of carbonyl (C=O) groups is 2. The Morgan fingerprint density at radius 2 is 1.86 bits per heavy atom. The minimum atomic E-state index is -0.194. The van der Waals surface area contributed by atoms with Crippen LogP contribution in [0.3, 0.4) is 0 Å². The van der Waals surface area contributed by atoms with E-state index < -0.39 is 0 Å². The van der Waals surface area contributed by atoms with E-state index in [9.17, 15) is 9.59 Å². The van der Waals surface area contributed by atoms with Crippen molar-refractivity contribution >= 4 is 17.5 Å². The van der Waals surface area contributed by atoms with Crippen LogP contribution in [0.25, 0.3) is 0 Å². The monoisotopic (exact) mass is 394 g/mol. The lowest BCUT2D eigenvalue weighted by Crippen LogP contribution is -2.32. The van der Waals surface area contributed by atoms with Gasteiger partial charge in [-0.15, -0.1) is 0 Å². The van der Waals surface area contributed by atoms with Crippen molar-refractivity contribution in [2.75, 3.05) is 18.5 Å². The topological polar surface area (TPSA) is 67.4 Å². The first-order valence-electron chi connectivity index (χ1n) is 10.4. The van der Waals surface area contributed by atoms with Crippen molar-refractivity contribution in [3.8, 4) is 0 Å². The van der Waals surface area contributed by atoms with E-state index in [1.807, 2.05) is 6.07 Å². The summed E-state index contributed by atoms with van der Waals surface area (Å²) in [5, 5.41) is 5.80. The summed E-state index contributed by atoms with van der Waals surface area (Å²) in [6.45, 7) is 5.58. The van der Waals surface area contributed by atoms with Gasteiger partial charge in [0.25, 0.3) is 5.91 Å². The number of benzene rings is 2. The molecule has 0 radical (unpaired) electrons. The molecule has 2 aromatic carbocycles. The molecular formula is C24H30N2O3. The summed E-state index contributed by atoms with van der Waals surface area (Å²) in [5.41, 5.74) is 3.44. The second kappa shape index (κ2) is 10.2. The van der Waals surface area contributed by atoms with Crippen molar-refractivity contribution in [2.24, 2.45) is 0 Å². The normalized spacial score (nSPS) is 16.0. The molecule has 2 amide bonds. The summed E-state index contributed by atoms with van der Waals surface area (Å²) < 4.78 is 5.54. The van der Waals surface area contributed by atoms with E-state index in [0.717, 1.165) is 25.0 Å². The molecule has 1 heterocycles. The zero-order valence-electron chi connectivity index (χ0n) is 17.2. The van der Waals surface area contributed by atoms with Gasteiger partial charge in [0.15, 0.2) is 0 Å². The van der Waals surface area contributed by atoms with Crippen molar-refractivity contribution in [3.63, 3.8) is 0 Å². The molecule has 1 saturated heterocycles. The molecule has 1 fully saturated rings. The van der Waals surface area contributed by atoms with Gasteiger partial charge in [0, 0.05) is 19.6 Å². The van der Waals surface area contributed by atoms with Gasteiger partial charge in [-0.2, -0.15) is 0 Å². The fraction of sp³-hybridized carbons (Fsp3) is 0.417. The number of hydrogen-bond acceptors (Lipinski definition) is 3. The number of para-hydroxylation sites is 1. The molecule has 0 bridgehead atoms. The molecule has 0 aliphatic carbocycles. The molecule has 1 aliphatic rings. The van der Waals surface area contributed by atoms with E-state index in [0.29, 0.717) is 36.6 Å². The van der Waals surface area contributed by atoms with Crippen LogP contribution >= 0.6 is 0 Å². The molecule has 1 aliphatic heterocycles. The number of nitrogens with one attached hydrogen (secondary N) is 2. The first kappa shape index (κ1) is 21.1.